The molecule has 0 aliphatic heterocycles. The van der Waals surface area contributed by atoms with Crippen molar-refractivity contribution in [3.63, 3.8) is 0 Å². The molecule has 0 fully saturated rings. The average molecular weight is 408 g/mol. The number of rotatable bonds is 9. The zero-order chi connectivity index (χ0) is 10.9. The van der Waals surface area contributed by atoms with E-state index in [0.29, 0.717) is 39.3 Å². The van der Waals surface area contributed by atoms with E-state index >= 15 is 0 Å². The summed E-state index contributed by atoms with van der Waals surface area (Å²) in [7, 11) is 6.36. The third-order valence-electron chi connectivity index (χ3n) is 1.13. The third kappa shape index (κ3) is 7.09. The van der Waals surface area contributed by atoms with Gasteiger partial charge in [0, 0.05) is 0 Å². The van der Waals surface area contributed by atoms with Gasteiger partial charge in [0.1, 0.15) is 0 Å². The molecule has 0 amide bonds. The summed E-state index contributed by atoms with van der Waals surface area (Å²) in [6.07, 6.45) is 0. The SMILES string of the molecule is NCC[NH][Pt]([Cl])([NH]CCN)[NH]CCN. The normalized spacial score (nSPS) is 13.1. The molecule has 6 nitrogen and oxygen atoms in total. The fraction of sp³-hybridized carbons (Fsp3) is 1.00. The van der Waals surface area contributed by atoms with Crippen molar-refractivity contribution in [2.45, 2.75) is 0 Å². The molecule has 14 heavy (non-hydrogen) atoms. The van der Waals surface area contributed by atoms with Crippen molar-refractivity contribution < 1.29 is 15.8 Å². The van der Waals surface area contributed by atoms with Gasteiger partial charge >= 0.3 is 93.3 Å². The molecule has 0 spiro atoms. The Labute approximate surface area is 93.3 Å². The first-order chi connectivity index (χ1) is 6.68. The molecule has 0 aromatic heterocycles. The Balaban J connectivity index is 3.89. The molecule has 0 unspecified atom stereocenters. The molecule has 0 rings (SSSR count). The van der Waals surface area contributed by atoms with Crippen LogP contribution in [0.4, 0.5) is 0 Å². The van der Waals surface area contributed by atoms with E-state index in [1.165, 1.54) is 0 Å². The Morgan fingerprint density at radius 2 is 1.07 bits per heavy atom. The van der Waals surface area contributed by atoms with Crippen LogP contribution in [-0.4, -0.2) is 39.3 Å². The molecular weight excluding hydrogens is 387 g/mol. The predicted octanol–water partition coefficient (Wildman–Crippen LogP) is -2.32. The zero-order valence-electron chi connectivity index (χ0n) is 8.17. The number of nitrogens with one attached hydrogen (secondary N) is 3. The van der Waals surface area contributed by atoms with Crippen LogP contribution in [0.5, 0.6) is 0 Å². The summed E-state index contributed by atoms with van der Waals surface area (Å²) in [5, 5.41) is 0. The van der Waals surface area contributed by atoms with E-state index in [-0.39, 0.29) is 0 Å². The zero-order valence-corrected chi connectivity index (χ0v) is 11.2. The van der Waals surface area contributed by atoms with E-state index < -0.39 is 15.8 Å². The van der Waals surface area contributed by atoms with Gasteiger partial charge in [-0.1, -0.05) is 0 Å². The summed E-state index contributed by atoms with van der Waals surface area (Å²) in [4.78, 5) is 0. The summed E-state index contributed by atoms with van der Waals surface area (Å²) < 4.78 is 9.61. The van der Waals surface area contributed by atoms with Crippen molar-refractivity contribution in [2.24, 2.45) is 17.2 Å². The van der Waals surface area contributed by atoms with Gasteiger partial charge in [-0.2, -0.15) is 0 Å². The van der Waals surface area contributed by atoms with Crippen LogP contribution in [0, 0.1) is 0 Å². The molecule has 8 heteroatoms. The number of halogens is 1. The van der Waals surface area contributed by atoms with Crippen molar-refractivity contribution in [1.29, 1.82) is 0 Å². The Hall–Kier alpha value is 0.738. The second-order valence-electron chi connectivity index (χ2n) is 2.37. The van der Waals surface area contributed by atoms with Crippen LogP contribution >= 0.6 is 9.42 Å². The summed E-state index contributed by atoms with van der Waals surface area (Å²) in [6, 6.07) is 0. The van der Waals surface area contributed by atoms with Crippen LogP contribution in [0.3, 0.4) is 0 Å². The first-order valence-electron chi connectivity index (χ1n) is 4.38. The van der Waals surface area contributed by atoms with E-state index in [2.05, 4.69) is 11.6 Å². The predicted molar refractivity (Wildman–Crippen MR) is 57.0 cm³/mol. The van der Waals surface area contributed by atoms with E-state index in [4.69, 9.17) is 26.6 Å². The van der Waals surface area contributed by atoms with Crippen molar-refractivity contribution in [3.05, 3.63) is 0 Å². The van der Waals surface area contributed by atoms with Crippen molar-refractivity contribution in [1.82, 2.24) is 11.6 Å². The Kier molecular flexibility index (Phi) is 9.47. The summed E-state index contributed by atoms with van der Waals surface area (Å²) in [5.41, 5.74) is 16.2. The Morgan fingerprint density at radius 1 is 0.786 bits per heavy atom. The van der Waals surface area contributed by atoms with E-state index in [0.717, 1.165) is 0 Å². The van der Waals surface area contributed by atoms with Gasteiger partial charge in [0.25, 0.3) is 0 Å². The number of nitrogens with two attached hydrogens (primary N) is 3. The van der Waals surface area contributed by atoms with Gasteiger partial charge in [-0.05, 0) is 0 Å². The van der Waals surface area contributed by atoms with Gasteiger partial charge in [-0.3, -0.25) is 0 Å². The van der Waals surface area contributed by atoms with Gasteiger partial charge in [0.2, 0.25) is 0 Å². The van der Waals surface area contributed by atoms with Crippen LogP contribution in [0.25, 0.3) is 0 Å². The molecule has 0 saturated heterocycles. The molecule has 0 aliphatic carbocycles. The van der Waals surface area contributed by atoms with E-state index in [9.17, 15) is 0 Å². The molecule has 0 aromatic rings. The number of hydrogen-bond acceptors (Lipinski definition) is 6. The molecule has 0 aromatic carbocycles. The summed E-state index contributed by atoms with van der Waals surface area (Å²) >= 11 is -2.77. The minimum atomic E-state index is -2.77. The molecule has 0 saturated carbocycles. The Morgan fingerprint density at radius 3 is 1.29 bits per heavy atom. The molecule has 0 heterocycles. The molecular formula is C6H21ClN6Pt. The van der Waals surface area contributed by atoms with Crippen LogP contribution in [-0.2, 0) is 15.8 Å². The topological polar surface area (TPSA) is 114 Å². The van der Waals surface area contributed by atoms with Crippen molar-refractivity contribution in [3.8, 4) is 0 Å². The summed E-state index contributed by atoms with van der Waals surface area (Å²) in [5.74, 6) is 0. The maximum absolute atomic E-state index is 6.36. The second kappa shape index (κ2) is 9.00. The van der Waals surface area contributed by atoms with Gasteiger partial charge in [-0.25, -0.2) is 0 Å². The second-order valence-corrected chi connectivity index (χ2v) is 10.7. The van der Waals surface area contributed by atoms with E-state index in [1.807, 2.05) is 0 Å². The van der Waals surface area contributed by atoms with Crippen molar-refractivity contribution in [2.75, 3.05) is 39.3 Å². The average Bonchev–Trinajstić information content (AvgIpc) is 2.21. The molecule has 9 N–H and O–H groups in total. The molecule has 92 valence electrons. The molecule has 0 radical (unpaired) electrons. The Bertz CT molecular complexity index is 116. The van der Waals surface area contributed by atoms with Crippen LogP contribution < -0.4 is 28.8 Å². The maximum atomic E-state index is 6.36. The fourth-order valence-electron chi connectivity index (χ4n) is 0.582. The van der Waals surface area contributed by atoms with Crippen molar-refractivity contribution >= 4 is 9.42 Å². The third-order valence-corrected chi connectivity index (χ3v) is 8.23. The molecule has 0 atom stereocenters. The monoisotopic (exact) mass is 407 g/mol. The van der Waals surface area contributed by atoms with Crippen LogP contribution in [0.1, 0.15) is 0 Å². The van der Waals surface area contributed by atoms with Gasteiger partial charge in [-0.15, -0.1) is 0 Å². The fourth-order valence-corrected chi connectivity index (χ4v) is 6.23. The first kappa shape index (κ1) is 14.7. The van der Waals surface area contributed by atoms with Crippen LogP contribution in [0.2, 0.25) is 0 Å². The summed E-state index contributed by atoms with van der Waals surface area (Å²) in [6.45, 7) is 3.76. The quantitative estimate of drug-likeness (QED) is 0.256. The number of hydrogen-bond donors (Lipinski definition) is 6. The first-order valence-corrected chi connectivity index (χ1v) is 10.6. The van der Waals surface area contributed by atoms with Gasteiger partial charge in [0.05, 0.1) is 0 Å². The van der Waals surface area contributed by atoms with E-state index in [1.54, 1.807) is 0 Å². The van der Waals surface area contributed by atoms with Gasteiger partial charge in [0.15, 0.2) is 0 Å². The standard InChI is InChI=1S/3C2H7N2.ClH.Pt/c3*3-1-2-4;;/h3*3H,1-2,4H2;1H;/q3*-1;;+4/p-1. The minimum absolute atomic E-state index is 0.562. The molecule has 0 bridgehead atoms. The molecule has 0 aliphatic rings. The van der Waals surface area contributed by atoms with Crippen LogP contribution in [0.15, 0.2) is 0 Å². The van der Waals surface area contributed by atoms with Gasteiger partial charge < -0.3 is 0 Å².